The second-order valence-electron chi connectivity index (χ2n) is 4.41. The minimum absolute atomic E-state index is 0.380. The highest BCUT2D eigenvalue weighted by molar-refractivity contribution is 7.12. The number of likely N-dealkylation sites (N-methyl/N-ethyl adjacent to an activating group) is 1. The van der Waals surface area contributed by atoms with Crippen molar-refractivity contribution in [3.05, 3.63) is 16.3 Å². The van der Waals surface area contributed by atoms with E-state index in [1.165, 1.54) is 24.2 Å². The van der Waals surface area contributed by atoms with Crippen LogP contribution in [0.2, 0.25) is 0 Å². The van der Waals surface area contributed by atoms with Gasteiger partial charge in [0, 0.05) is 31.3 Å². The van der Waals surface area contributed by atoms with Gasteiger partial charge in [-0.15, -0.1) is 11.3 Å². The van der Waals surface area contributed by atoms with Crippen molar-refractivity contribution in [3.8, 4) is 0 Å². The van der Waals surface area contributed by atoms with E-state index in [0.717, 1.165) is 24.8 Å². The van der Waals surface area contributed by atoms with Crippen molar-refractivity contribution >= 4 is 23.0 Å². The Labute approximate surface area is 105 Å². The van der Waals surface area contributed by atoms with E-state index in [2.05, 4.69) is 0 Å². The molecule has 0 unspecified atom stereocenters. The van der Waals surface area contributed by atoms with Gasteiger partial charge in [-0.2, -0.15) is 0 Å². The molecule has 0 aliphatic heterocycles. The molecule has 0 radical (unpaired) electrons. The van der Waals surface area contributed by atoms with E-state index in [4.69, 9.17) is 9.84 Å². The van der Waals surface area contributed by atoms with Gasteiger partial charge in [0.2, 0.25) is 0 Å². The van der Waals surface area contributed by atoms with E-state index >= 15 is 0 Å². The van der Waals surface area contributed by atoms with Crippen LogP contribution in [0, 0.1) is 5.92 Å². The van der Waals surface area contributed by atoms with Gasteiger partial charge in [-0.1, -0.05) is 0 Å². The zero-order valence-corrected chi connectivity index (χ0v) is 10.7. The summed E-state index contributed by atoms with van der Waals surface area (Å²) in [6, 6.07) is 1.70. The zero-order valence-electron chi connectivity index (χ0n) is 9.89. The molecule has 2 rings (SSSR count). The molecule has 1 saturated carbocycles. The summed E-state index contributed by atoms with van der Waals surface area (Å²) >= 11 is 1.26. The number of carbonyl (C=O) groups is 1. The SMILES string of the molecule is CN(CCOCC1CC1)c1csc(C(=O)O)c1. The van der Waals surface area contributed by atoms with Crippen molar-refractivity contribution in [1.82, 2.24) is 0 Å². The summed E-state index contributed by atoms with van der Waals surface area (Å²) in [6.07, 6.45) is 2.62. The number of ether oxygens (including phenoxy) is 1. The molecule has 94 valence electrons. The van der Waals surface area contributed by atoms with Crippen LogP contribution in [0.15, 0.2) is 11.4 Å². The molecule has 1 N–H and O–H groups in total. The number of thiophene rings is 1. The Morgan fingerprint density at radius 3 is 3.00 bits per heavy atom. The van der Waals surface area contributed by atoms with Gasteiger partial charge in [0.15, 0.2) is 0 Å². The quantitative estimate of drug-likeness (QED) is 0.760. The number of nitrogens with zero attached hydrogens (tertiary/aromatic N) is 1. The lowest BCUT2D eigenvalue weighted by Crippen LogP contribution is -2.22. The Bertz CT molecular complexity index is 387. The van der Waals surface area contributed by atoms with E-state index in [1.807, 2.05) is 17.3 Å². The molecular weight excluding hydrogens is 238 g/mol. The molecule has 1 aromatic heterocycles. The highest BCUT2D eigenvalue weighted by Gasteiger charge is 2.21. The molecule has 0 bridgehead atoms. The summed E-state index contributed by atoms with van der Waals surface area (Å²) in [7, 11) is 1.95. The van der Waals surface area contributed by atoms with Crippen molar-refractivity contribution in [2.75, 3.05) is 31.7 Å². The molecule has 0 spiro atoms. The first-order chi connectivity index (χ1) is 8.16. The van der Waals surface area contributed by atoms with Gasteiger partial charge in [0.05, 0.1) is 6.61 Å². The molecule has 1 fully saturated rings. The predicted octanol–water partition coefficient (Wildman–Crippen LogP) is 2.31. The maximum atomic E-state index is 10.7. The number of carboxylic acid groups (broad SMARTS) is 1. The largest absolute Gasteiger partial charge is 0.477 e. The molecule has 17 heavy (non-hydrogen) atoms. The third kappa shape index (κ3) is 3.71. The highest BCUT2D eigenvalue weighted by Crippen LogP contribution is 2.28. The Hall–Kier alpha value is -1.07. The average Bonchev–Trinajstić information content (AvgIpc) is 2.97. The van der Waals surface area contributed by atoms with Crippen LogP contribution in [0.4, 0.5) is 5.69 Å². The third-order valence-corrected chi connectivity index (χ3v) is 3.76. The first-order valence-corrected chi connectivity index (χ1v) is 6.65. The number of hydrogen-bond donors (Lipinski definition) is 1. The minimum atomic E-state index is -0.861. The number of hydrogen-bond acceptors (Lipinski definition) is 4. The second kappa shape index (κ2) is 5.51. The third-order valence-electron chi connectivity index (χ3n) is 2.86. The first kappa shape index (κ1) is 12.4. The van der Waals surface area contributed by atoms with Crippen LogP contribution in [0.3, 0.4) is 0 Å². The van der Waals surface area contributed by atoms with E-state index < -0.39 is 5.97 Å². The summed E-state index contributed by atoms with van der Waals surface area (Å²) in [5.41, 5.74) is 0.947. The summed E-state index contributed by atoms with van der Waals surface area (Å²) in [5.74, 6) is -0.0697. The lowest BCUT2D eigenvalue weighted by Gasteiger charge is -2.17. The zero-order chi connectivity index (χ0) is 12.3. The van der Waals surface area contributed by atoms with Gasteiger partial charge < -0.3 is 14.7 Å². The van der Waals surface area contributed by atoms with Gasteiger partial charge >= 0.3 is 5.97 Å². The molecule has 0 saturated heterocycles. The van der Waals surface area contributed by atoms with Gasteiger partial charge in [-0.05, 0) is 24.8 Å². The molecule has 4 nitrogen and oxygen atoms in total. The Morgan fingerprint density at radius 1 is 1.65 bits per heavy atom. The van der Waals surface area contributed by atoms with Crippen molar-refractivity contribution in [1.29, 1.82) is 0 Å². The minimum Gasteiger partial charge on any atom is -0.477 e. The van der Waals surface area contributed by atoms with Crippen LogP contribution in [0.5, 0.6) is 0 Å². The van der Waals surface area contributed by atoms with Crippen molar-refractivity contribution < 1.29 is 14.6 Å². The normalized spacial score (nSPS) is 14.9. The fraction of sp³-hybridized carbons (Fsp3) is 0.583. The van der Waals surface area contributed by atoms with Crippen LogP contribution in [-0.4, -0.2) is 37.9 Å². The van der Waals surface area contributed by atoms with Gasteiger partial charge in [-0.25, -0.2) is 4.79 Å². The van der Waals surface area contributed by atoms with E-state index in [9.17, 15) is 4.79 Å². The van der Waals surface area contributed by atoms with Crippen LogP contribution in [0.25, 0.3) is 0 Å². The summed E-state index contributed by atoms with van der Waals surface area (Å²) < 4.78 is 5.55. The summed E-state index contributed by atoms with van der Waals surface area (Å²) in [5, 5.41) is 10.7. The molecule has 0 atom stereocenters. The van der Waals surface area contributed by atoms with Crippen LogP contribution in [-0.2, 0) is 4.74 Å². The topological polar surface area (TPSA) is 49.8 Å². The van der Waals surface area contributed by atoms with Gasteiger partial charge in [0.1, 0.15) is 4.88 Å². The fourth-order valence-corrected chi connectivity index (χ4v) is 2.29. The first-order valence-electron chi connectivity index (χ1n) is 5.77. The lowest BCUT2D eigenvalue weighted by molar-refractivity contribution is 0.0702. The van der Waals surface area contributed by atoms with Crippen molar-refractivity contribution in [2.45, 2.75) is 12.8 Å². The smallest absolute Gasteiger partial charge is 0.345 e. The molecule has 1 aliphatic rings. The monoisotopic (exact) mass is 255 g/mol. The molecule has 0 amide bonds. The molecule has 0 aromatic carbocycles. The second-order valence-corrected chi connectivity index (χ2v) is 5.33. The van der Waals surface area contributed by atoms with E-state index in [-0.39, 0.29) is 0 Å². The maximum Gasteiger partial charge on any atom is 0.345 e. The summed E-state index contributed by atoms with van der Waals surface area (Å²) in [6.45, 7) is 2.37. The standard InChI is InChI=1S/C12H17NO3S/c1-13(4-5-16-7-9-2-3-9)10-6-11(12(14)15)17-8-10/h6,8-9H,2-5,7H2,1H3,(H,14,15). The fourth-order valence-electron chi connectivity index (χ4n) is 1.50. The van der Waals surface area contributed by atoms with Gasteiger partial charge in [-0.3, -0.25) is 0 Å². The van der Waals surface area contributed by atoms with E-state index in [1.54, 1.807) is 6.07 Å². The van der Waals surface area contributed by atoms with Gasteiger partial charge in [0.25, 0.3) is 0 Å². The number of rotatable bonds is 7. The molecular formula is C12H17NO3S. The lowest BCUT2D eigenvalue weighted by atomic mass is 10.4. The maximum absolute atomic E-state index is 10.7. The Morgan fingerprint density at radius 2 is 2.41 bits per heavy atom. The van der Waals surface area contributed by atoms with E-state index in [0.29, 0.717) is 11.5 Å². The molecule has 5 heteroatoms. The predicted molar refractivity (Wildman–Crippen MR) is 68.1 cm³/mol. The number of anilines is 1. The number of carboxylic acids is 1. The Kier molecular flexibility index (Phi) is 4.02. The van der Waals surface area contributed by atoms with Crippen molar-refractivity contribution in [2.24, 2.45) is 5.92 Å². The van der Waals surface area contributed by atoms with Crippen molar-refractivity contribution in [3.63, 3.8) is 0 Å². The van der Waals surface area contributed by atoms with Crippen LogP contribution in [0.1, 0.15) is 22.5 Å². The highest BCUT2D eigenvalue weighted by atomic mass is 32.1. The van der Waals surface area contributed by atoms with Crippen LogP contribution < -0.4 is 4.90 Å². The van der Waals surface area contributed by atoms with Crippen LogP contribution >= 0.6 is 11.3 Å². The number of aromatic carboxylic acids is 1. The molecule has 1 aromatic rings. The summed E-state index contributed by atoms with van der Waals surface area (Å²) in [4.78, 5) is 13.2. The average molecular weight is 255 g/mol. The molecule has 1 aliphatic carbocycles. The Balaban J connectivity index is 1.73. The molecule has 1 heterocycles.